The van der Waals surface area contributed by atoms with Gasteiger partial charge in [0.15, 0.2) is 5.84 Å². The number of benzene rings is 1. The van der Waals surface area contributed by atoms with E-state index < -0.39 is 6.36 Å². The molecule has 2 aliphatic rings. The number of allylic oxidation sites excluding steroid dienone is 2. The number of hydrogen-bond acceptors (Lipinski definition) is 5. The standard InChI is InChI=1S/C20H17F3N4O/c21-20(22,23)28-18-7-4-15(5-8-18)16-6-9-19-25-27(14-26(19)13-16)12-10-17-3-1-2-11-24-17/h1-9,11,13H,10,12,14H2. The van der Waals surface area contributed by atoms with Crippen molar-refractivity contribution in [3.05, 3.63) is 78.3 Å². The van der Waals surface area contributed by atoms with Crippen LogP contribution in [0.1, 0.15) is 11.3 Å². The van der Waals surface area contributed by atoms with E-state index in [1.165, 1.54) is 12.1 Å². The first-order chi connectivity index (χ1) is 13.5. The Morgan fingerprint density at radius 3 is 2.57 bits per heavy atom. The molecule has 1 aromatic heterocycles. The summed E-state index contributed by atoms with van der Waals surface area (Å²) in [6.07, 6.45) is 3.63. The van der Waals surface area contributed by atoms with Crippen LogP contribution in [0.3, 0.4) is 0 Å². The van der Waals surface area contributed by atoms with Crippen LogP contribution in [0.4, 0.5) is 13.2 Å². The summed E-state index contributed by atoms with van der Waals surface area (Å²) >= 11 is 0. The molecule has 0 fully saturated rings. The number of aromatic nitrogens is 1. The van der Waals surface area contributed by atoms with Gasteiger partial charge in [0.05, 0.1) is 0 Å². The SMILES string of the molecule is FC(F)(F)Oc1ccc(C2=CN3CN(CCc4ccccn4)N=C3C=C2)cc1. The quantitative estimate of drug-likeness (QED) is 0.778. The number of rotatable bonds is 5. The molecule has 5 nitrogen and oxygen atoms in total. The van der Waals surface area contributed by atoms with Crippen molar-refractivity contribution >= 4 is 11.4 Å². The monoisotopic (exact) mass is 386 g/mol. The highest BCUT2D eigenvalue weighted by atomic mass is 19.4. The second-order valence-electron chi connectivity index (χ2n) is 6.36. The van der Waals surface area contributed by atoms with Gasteiger partial charge < -0.3 is 9.64 Å². The van der Waals surface area contributed by atoms with Crippen LogP contribution in [-0.4, -0.2) is 40.3 Å². The van der Waals surface area contributed by atoms with Crippen LogP contribution in [0.25, 0.3) is 5.57 Å². The molecular formula is C20H17F3N4O. The highest BCUT2D eigenvalue weighted by molar-refractivity contribution is 6.00. The van der Waals surface area contributed by atoms with Gasteiger partial charge in [-0.2, -0.15) is 5.10 Å². The molecule has 0 N–H and O–H groups in total. The lowest BCUT2D eigenvalue weighted by Crippen LogP contribution is -2.28. The fraction of sp³-hybridized carbons (Fsp3) is 0.200. The van der Waals surface area contributed by atoms with Gasteiger partial charge in [-0.05, 0) is 47.6 Å². The van der Waals surface area contributed by atoms with E-state index in [9.17, 15) is 13.2 Å². The lowest BCUT2D eigenvalue weighted by molar-refractivity contribution is -0.274. The number of alkyl halides is 3. The topological polar surface area (TPSA) is 41.0 Å². The molecule has 3 heterocycles. The van der Waals surface area contributed by atoms with Crippen LogP contribution in [-0.2, 0) is 6.42 Å². The molecule has 2 aromatic rings. The van der Waals surface area contributed by atoms with Gasteiger partial charge in [-0.1, -0.05) is 18.2 Å². The smallest absolute Gasteiger partial charge is 0.406 e. The summed E-state index contributed by atoms with van der Waals surface area (Å²) in [5, 5.41) is 6.55. The molecule has 28 heavy (non-hydrogen) atoms. The van der Waals surface area contributed by atoms with Gasteiger partial charge in [-0.15, -0.1) is 13.2 Å². The largest absolute Gasteiger partial charge is 0.573 e. The molecule has 0 radical (unpaired) electrons. The third-order valence-corrected chi connectivity index (χ3v) is 4.33. The highest BCUT2D eigenvalue weighted by Gasteiger charge is 2.31. The van der Waals surface area contributed by atoms with E-state index in [-0.39, 0.29) is 5.75 Å². The minimum atomic E-state index is -4.69. The number of halogens is 3. The number of nitrogens with zero attached hydrogens (tertiary/aromatic N) is 4. The van der Waals surface area contributed by atoms with E-state index >= 15 is 0 Å². The molecule has 2 aliphatic heterocycles. The highest BCUT2D eigenvalue weighted by Crippen LogP contribution is 2.27. The maximum atomic E-state index is 12.3. The predicted octanol–water partition coefficient (Wildman–Crippen LogP) is 4.02. The zero-order valence-electron chi connectivity index (χ0n) is 14.8. The maximum Gasteiger partial charge on any atom is 0.573 e. The lowest BCUT2D eigenvalue weighted by Gasteiger charge is -2.20. The molecule has 0 aliphatic carbocycles. The zero-order chi connectivity index (χ0) is 19.6. The number of ether oxygens (including phenoxy) is 1. The van der Waals surface area contributed by atoms with Crippen molar-refractivity contribution < 1.29 is 17.9 Å². The van der Waals surface area contributed by atoms with Crippen LogP contribution < -0.4 is 4.74 Å². The average molecular weight is 386 g/mol. The van der Waals surface area contributed by atoms with E-state index in [1.54, 1.807) is 18.3 Å². The van der Waals surface area contributed by atoms with E-state index in [0.717, 1.165) is 35.6 Å². The van der Waals surface area contributed by atoms with Crippen LogP contribution in [0.2, 0.25) is 0 Å². The van der Waals surface area contributed by atoms with E-state index in [2.05, 4.69) is 14.8 Å². The van der Waals surface area contributed by atoms with E-state index in [1.807, 2.05) is 46.5 Å². The van der Waals surface area contributed by atoms with E-state index in [4.69, 9.17) is 0 Å². The first-order valence-electron chi connectivity index (χ1n) is 8.72. The molecule has 0 amide bonds. The Kier molecular flexibility index (Phi) is 4.77. The van der Waals surface area contributed by atoms with Crippen molar-refractivity contribution in [1.29, 1.82) is 0 Å². The van der Waals surface area contributed by atoms with Gasteiger partial charge in [0.1, 0.15) is 12.4 Å². The Labute approximate surface area is 160 Å². The Bertz CT molecular complexity index is 921. The summed E-state index contributed by atoms with van der Waals surface area (Å²) in [5.41, 5.74) is 2.71. The molecule has 4 rings (SSSR count). The maximum absolute atomic E-state index is 12.3. The van der Waals surface area contributed by atoms with Gasteiger partial charge in [-0.3, -0.25) is 9.99 Å². The van der Waals surface area contributed by atoms with Crippen LogP contribution in [0.5, 0.6) is 5.75 Å². The molecule has 0 spiro atoms. The Hall–Kier alpha value is -3.29. The molecule has 0 saturated carbocycles. The fourth-order valence-corrected chi connectivity index (χ4v) is 3.02. The molecule has 0 bridgehead atoms. The minimum absolute atomic E-state index is 0.235. The van der Waals surface area contributed by atoms with Crippen LogP contribution in [0.15, 0.2) is 72.1 Å². The van der Waals surface area contributed by atoms with Gasteiger partial charge in [0, 0.05) is 31.1 Å². The van der Waals surface area contributed by atoms with Crippen LogP contribution in [0, 0.1) is 0 Å². The number of hydrazone groups is 1. The molecule has 1 aromatic carbocycles. The Balaban J connectivity index is 1.39. The first-order valence-corrected chi connectivity index (χ1v) is 8.72. The van der Waals surface area contributed by atoms with Crippen molar-refractivity contribution in [2.45, 2.75) is 12.8 Å². The molecule has 0 unspecified atom stereocenters. The summed E-state index contributed by atoms with van der Waals surface area (Å²) < 4.78 is 40.7. The first kappa shape index (κ1) is 18.1. The molecular weight excluding hydrogens is 369 g/mol. The number of hydrogen-bond donors (Lipinski definition) is 0. The third-order valence-electron chi connectivity index (χ3n) is 4.33. The number of amidine groups is 1. The number of fused-ring (bicyclic) bond motifs is 1. The molecule has 0 saturated heterocycles. The summed E-state index contributed by atoms with van der Waals surface area (Å²) in [6, 6.07) is 11.7. The van der Waals surface area contributed by atoms with Gasteiger partial charge >= 0.3 is 6.36 Å². The second kappa shape index (κ2) is 7.38. The van der Waals surface area contributed by atoms with Gasteiger partial charge in [-0.25, -0.2) is 0 Å². The van der Waals surface area contributed by atoms with Crippen molar-refractivity contribution in [3.63, 3.8) is 0 Å². The van der Waals surface area contributed by atoms with Gasteiger partial charge in [0.2, 0.25) is 0 Å². The van der Waals surface area contributed by atoms with Crippen molar-refractivity contribution in [3.8, 4) is 5.75 Å². The molecule has 8 heteroatoms. The minimum Gasteiger partial charge on any atom is -0.406 e. The Morgan fingerprint density at radius 2 is 1.86 bits per heavy atom. The average Bonchev–Trinajstić information content (AvgIpc) is 3.09. The van der Waals surface area contributed by atoms with Crippen molar-refractivity contribution in [1.82, 2.24) is 14.9 Å². The summed E-state index contributed by atoms with van der Waals surface area (Å²) in [7, 11) is 0. The summed E-state index contributed by atoms with van der Waals surface area (Å²) in [4.78, 5) is 6.32. The van der Waals surface area contributed by atoms with Crippen LogP contribution >= 0.6 is 0 Å². The van der Waals surface area contributed by atoms with Crippen molar-refractivity contribution in [2.75, 3.05) is 13.2 Å². The molecule has 144 valence electrons. The lowest BCUT2D eigenvalue weighted by atomic mass is 10.0. The van der Waals surface area contributed by atoms with Gasteiger partial charge in [0.25, 0.3) is 0 Å². The third kappa shape index (κ3) is 4.33. The van der Waals surface area contributed by atoms with Crippen molar-refractivity contribution in [2.24, 2.45) is 5.10 Å². The summed E-state index contributed by atoms with van der Waals surface area (Å²) in [6.45, 7) is 1.36. The Morgan fingerprint density at radius 1 is 1.04 bits per heavy atom. The zero-order valence-corrected chi connectivity index (χ0v) is 14.8. The number of pyridine rings is 1. The fourth-order valence-electron chi connectivity index (χ4n) is 3.02. The summed E-state index contributed by atoms with van der Waals surface area (Å²) in [5.74, 6) is 0.600. The second-order valence-corrected chi connectivity index (χ2v) is 6.36. The normalized spacial score (nSPS) is 16.0. The van der Waals surface area contributed by atoms with E-state index in [0.29, 0.717) is 6.67 Å². The predicted molar refractivity (Wildman–Crippen MR) is 99.0 cm³/mol. The molecule has 0 atom stereocenters.